The maximum atomic E-state index is 12.0. The van der Waals surface area contributed by atoms with Gasteiger partial charge >= 0.3 is 6.03 Å². The smallest absolute Gasteiger partial charge is 0.319 e. The highest BCUT2D eigenvalue weighted by molar-refractivity contribution is 7.89. The quantitative estimate of drug-likeness (QED) is 0.774. The minimum Gasteiger partial charge on any atom is -0.330 e. The standard InChI is InChI=1S/C12H15N5O3S2/c1-7(10-6-15-8(2)21-10)16-12(18)17-9-4-3-5-14-11(9)22(13,19)20/h3-7H,1-2H3,(H2,13,19,20)(H2,16,17,18). The van der Waals surface area contributed by atoms with Crippen LogP contribution >= 0.6 is 11.3 Å². The van der Waals surface area contributed by atoms with Crippen LogP contribution in [-0.4, -0.2) is 24.4 Å². The summed E-state index contributed by atoms with van der Waals surface area (Å²) in [5.74, 6) is 0. The molecule has 10 heteroatoms. The number of primary sulfonamides is 1. The zero-order chi connectivity index (χ0) is 16.3. The molecule has 118 valence electrons. The van der Waals surface area contributed by atoms with E-state index < -0.39 is 16.1 Å². The highest BCUT2D eigenvalue weighted by Crippen LogP contribution is 2.20. The Balaban J connectivity index is 2.10. The second kappa shape index (κ2) is 6.38. The van der Waals surface area contributed by atoms with Crippen molar-refractivity contribution in [3.05, 3.63) is 34.4 Å². The summed E-state index contributed by atoms with van der Waals surface area (Å²) in [6.45, 7) is 3.67. The molecule has 1 unspecified atom stereocenters. The van der Waals surface area contributed by atoms with Crippen LogP contribution in [0, 0.1) is 6.92 Å². The van der Waals surface area contributed by atoms with Gasteiger partial charge in [-0.25, -0.2) is 28.3 Å². The van der Waals surface area contributed by atoms with E-state index in [1.807, 2.05) is 6.92 Å². The van der Waals surface area contributed by atoms with Gasteiger partial charge < -0.3 is 10.6 Å². The Kier molecular flexibility index (Phi) is 4.74. The number of thiazole rings is 1. The predicted octanol–water partition coefficient (Wildman–Crippen LogP) is 1.38. The van der Waals surface area contributed by atoms with Crippen molar-refractivity contribution in [3.8, 4) is 0 Å². The molecule has 0 aromatic carbocycles. The zero-order valence-electron chi connectivity index (χ0n) is 11.9. The topological polar surface area (TPSA) is 127 Å². The highest BCUT2D eigenvalue weighted by Gasteiger charge is 2.18. The summed E-state index contributed by atoms with van der Waals surface area (Å²) >= 11 is 1.47. The number of nitrogens with zero attached hydrogens (tertiary/aromatic N) is 2. The van der Waals surface area contributed by atoms with Gasteiger partial charge in [0.1, 0.15) is 0 Å². The van der Waals surface area contributed by atoms with E-state index in [1.165, 1.54) is 29.7 Å². The Morgan fingerprint density at radius 2 is 2.14 bits per heavy atom. The van der Waals surface area contributed by atoms with E-state index in [9.17, 15) is 13.2 Å². The summed E-state index contributed by atoms with van der Waals surface area (Å²) in [7, 11) is -4.02. The van der Waals surface area contributed by atoms with Crippen molar-refractivity contribution in [2.45, 2.75) is 24.9 Å². The van der Waals surface area contributed by atoms with Crippen LogP contribution in [0.1, 0.15) is 22.9 Å². The number of hydrogen-bond acceptors (Lipinski definition) is 6. The van der Waals surface area contributed by atoms with E-state index in [1.54, 1.807) is 13.1 Å². The van der Waals surface area contributed by atoms with E-state index in [2.05, 4.69) is 20.6 Å². The molecule has 0 fully saturated rings. The molecule has 22 heavy (non-hydrogen) atoms. The van der Waals surface area contributed by atoms with Gasteiger partial charge in [-0.2, -0.15) is 0 Å². The first kappa shape index (κ1) is 16.3. The van der Waals surface area contributed by atoms with Crippen molar-refractivity contribution in [2.24, 2.45) is 5.14 Å². The van der Waals surface area contributed by atoms with Gasteiger partial charge in [0.05, 0.1) is 16.7 Å². The number of aryl methyl sites for hydroxylation is 1. The zero-order valence-corrected chi connectivity index (χ0v) is 13.5. The first-order chi connectivity index (χ1) is 10.3. The number of amides is 2. The van der Waals surface area contributed by atoms with Gasteiger partial charge in [-0.05, 0) is 26.0 Å². The number of carbonyl (C=O) groups excluding carboxylic acids is 1. The molecule has 2 heterocycles. The van der Waals surface area contributed by atoms with E-state index in [-0.39, 0.29) is 16.8 Å². The number of carbonyl (C=O) groups is 1. The average Bonchev–Trinajstić information content (AvgIpc) is 2.84. The minimum atomic E-state index is -4.02. The fourth-order valence-corrected chi connectivity index (χ4v) is 3.14. The maximum Gasteiger partial charge on any atom is 0.319 e. The Bertz CT molecular complexity index is 788. The summed E-state index contributed by atoms with van der Waals surface area (Å²) in [6.07, 6.45) is 2.97. The Hall–Kier alpha value is -2.04. The molecule has 1 atom stereocenters. The van der Waals surface area contributed by atoms with Gasteiger partial charge in [0, 0.05) is 17.3 Å². The predicted molar refractivity (Wildman–Crippen MR) is 83.0 cm³/mol. The molecule has 0 saturated carbocycles. The third-order valence-electron chi connectivity index (χ3n) is 2.70. The van der Waals surface area contributed by atoms with Crippen LogP contribution < -0.4 is 15.8 Å². The van der Waals surface area contributed by atoms with Crippen LogP contribution in [0.4, 0.5) is 10.5 Å². The number of nitrogens with two attached hydrogens (primary N) is 1. The van der Waals surface area contributed by atoms with Gasteiger partial charge in [-0.15, -0.1) is 11.3 Å². The average molecular weight is 341 g/mol. The molecule has 8 nitrogen and oxygen atoms in total. The molecule has 0 aliphatic heterocycles. The summed E-state index contributed by atoms with van der Waals surface area (Å²) in [5, 5.41) is 10.7. The lowest BCUT2D eigenvalue weighted by Gasteiger charge is -2.13. The van der Waals surface area contributed by atoms with Crippen LogP contribution in [-0.2, 0) is 10.0 Å². The van der Waals surface area contributed by atoms with Crippen molar-refractivity contribution in [1.82, 2.24) is 15.3 Å². The summed E-state index contributed by atoms with van der Waals surface area (Å²) in [4.78, 5) is 20.7. The Morgan fingerprint density at radius 1 is 1.41 bits per heavy atom. The molecule has 0 bridgehead atoms. The number of pyridine rings is 1. The number of aromatic nitrogens is 2. The molecule has 2 aromatic rings. The second-order valence-electron chi connectivity index (χ2n) is 4.50. The van der Waals surface area contributed by atoms with E-state index >= 15 is 0 Å². The van der Waals surface area contributed by atoms with Crippen molar-refractivity contribution >= 4 is 33.1 Å². The third-order valence-corrected chi connectivity index (χ3v) is 4.66. The molecular formula is C12H15N5O3S2. The van der Waals surface area contributed by atoms with Crippen molar-refractivity contribution in [2.75, 3.05) is 5.32 Å². The van der Waals surface area contributed by atoms with Crippen LogP contribution in [0.25, 0.3) is 0 Å². The van der Waals surface area contributed by atoms with E-state index in [0.29, 0.717) is 0 Å². The largest absolute Gasteiger partial charge is 0.330 e. The lowest BCUT2D eigenvalue weighted by atomic mass is 10.3. The first-order valence-electron chi connectivity index (χ1n) is 6.25. The number of anilines is 1. The summed E-state index contributed by atoms with van der Waals surface area (Å²) in [5.41, 5.74) is 0.0233. The molecule has 0 aliphatic carbocycles. The first-order valence-corrected chi connectivity index (χ1v) is 8.61. The SMILES string of the molecule is Cc1ncc(C(C)NC(=O)Nc2cccnc2S(N)(=O)=O)s1. The Morgan fingerprint density at radius 3 is 2.73 bits per heavy atom. The molecule has 2 amide bonds. The summed E-state index contributed by atoms with van der Waals surface area (Å²) in [6, 6.07) is 2.09. The van der Waals surface area contributed by atoms with Crippen LogP contribution in [0.15, 0.2) is 29.6 Å². The van der Waals surface area contributed by atoms with Gasteiger partial charge in [0.2, 0.25) is 0 Å². The van der Waals surface area contributed by atoms with Gasteiger partial charge in [0.25, 0.3) is 10.0 Å². The van der Waals surface area contributed by atoms with Crippen LogP contribution in [0.3, 0.4) is 0 Å². The van der Waals surface area contributed by atoms with Crippen LogP contribution in [0.2, 0.25) is 0 Å². The summed E-state index contributed by atoms with van der Waals surface area (Å²) < 4.78 is 22.8. The fraction of sp³-hybridized carbons (Fsp3) is 0.250. The third kappa shape index (κ3) is 4.00. The monoisotopic (exact) mass is 341 g/mol. The number of sulfonamides is 1. The molecule has 0 spiro atoms. The molecule has 2 rings (SSSR count). The van der Waals surface area contributed by atoms with Gasteiger partial charge in [-0.1, -0.05) is 0 Å². The van der Waals surface area contributed by atoms with Crippen molar-refractivity contribution < 1.29 is 13.2 Å². The van der Waals surface area contributed by atoms with Crippen molar-refractivity contribution in [3.63, 3.8) is 0 Å². The molecule has 4 N–H and O–H groups in total. The number of urea groups is 1. The number of hydrogen-bond donors (Lipinski definition) is 3. The molecular weight excluding hydrogens is 326 g/mol. The Labute approximate surface area is 131 Å². The molecule has 0 aliphatic rings. The maximum absolute atomic E-state index is 12.0. The number of nitrogens with one attached hydrogen (secondary N) is 2. The minimum absolute atomic E-state index is 0.0233. The lowest BCUT2D eigenvalue weighted by molar-refractivity contribution is 0.249. The van der Waals surface area contributed by atoms with Crippen LogP contribution in [0.5, 0.6) is 0 Å². The van der Waals surface area contributed by atoms with Gasteiger partial charge in [-0.3, -0.25) is 0 Å². The molecule has 0 saturated heterocycles. The fourth-order valence-electron chi connectivity index (χ4n) is 1.72. The van der Waals surface area contributed by atoms with Gasteiger partial charge in [0.15, 0.2) is 5.03 Å². The highest BCUT2D eigenvalue weighted by atomic mass is 32.2. The van der Waals surface area contributed by atoms with E-state index in [0.717, 1.165) is 9.88 Å². The lowest BCUT2D eigenvalue weighted by Crippen LogP contribution is -2.31. The second-order valence-corrected chi connectivity index (χ2v) is 7.25. The number of rotatable bonds is 4. The molecule has 2 aromatic heterocycles. The molecule has 0 radical (unpaired) electrons. The normalized spacial score (nSPS) is 12.7. The van der Waals surface area contributed by atoms with E-state index in [4.69, 9.17) is 5.14 Å². The van der Waals surface area contributed by atoms with Crippen molar-refractivity contribution in [1.29, 1.82) is 0 Å².